The average Bonchev–Trinajstić information content (AvgIpc) is 2.56. The van der Waals surface area contributed by atoms with Crippen molar-refractivity contribution in [3.63, 3.8) is 0 Å². The summed E-state index contributed by atoms with van der Waals surface area (Å²) in [6, 6.07) is 10.4. The predicted molar refractivity (Wildman–Crippen MR) is 88.8 cm³/mol. The highest BCUT2D eigenvalue weighted by Crippen LogP contribution is 2.35. The van der Waals surface area contributed by atoms with E-state index in [1.165, 1.54) is 26.0 Å². The highest BCUT2D eigenvalue weighted by atomic mass is 32.2. The molecule has 23 heavy (non-hydrogen) atoms. The van der Waals surface area contributed by atoms with Crippen molar-refractivity contribution in [2.75, 3.05) is 20.0 Å². The van der Waals surface area contributed by atoms with E-state index in [2.05, 4.69) is 4.74 Å². The van der Waals surface area contributed by atoms with Crippen molar-refractivity contribution >= 4 is 29.4 Å². The zero-order chi connectivity index (χ0) is 17.0. The molecule has 2 rings (SSSR count). The van der Waals surface area contributed by atoms with Crippen LogP contribution in [0.1, 0.15) is 26.3 Å². The van der Waals surface area contributed by atoms with E-state index in [0.29, 0.717) is 16.8 Å². The number of methoxy groups -OCH3 is 2. The van der Waals surface area contributed by atoms with Crippen molar-refractivity contribution in [1.82, 2.24) is 0 Å². The quantitative estimate of drug-likeness (QED) is 0.684. The first kappa shape index (κ1) is 16.9. The van der Waals surface area contributed by atoms with Crippen LogP contribution in [-0.2, 0) is 9.47 Å². The van der Waals surface area contributed by atoms with Crippen LogP contribution >= 0.6 is 11.8 Å². The lowest BCUT2D eigenvalue weighted by Gasteiger charge is -2.11. The number of nitrogens with two attached hydrogens (primary N) is 1. The third-order valence-corrected chi connectivity index (χ3v) is 4.36. The summed E-state index contributed by atoms with van der Waals surface area (Å²) >= 11 is 1.34. The van der Waals surface area contributed by atoms with Crippen LogP contribution in [-0.4, -0.2) is 26.2 Å². The molecule has 0 fully saturated rings. The Morgan fingerprint density at radius 1 is 0.957 bits per heavy atom. The number of anilines is 1. The fourth-order valence-electron chi connectivity index (χ4n) is 2.01. The second kappa shape index (κ2) is 7.19. The van der Waals surface area contributed by atoms with E-state index in [-0.39, 0.29) is 0 Å². The second-order valence-electron chi connectivity index (χ2n) is 4.84. The Morgan fingerprint density at radius 3 is 2.22 bits per heavy atom. The summed E-state index contributed by atoms with van der Waals surface area (Å²) in [6.45, 7) is 1.90. The van der Waals surface area contributed by atoms with Crippen LogP contribution in [0.25, 0.3) is 0 Å². The van der Waals surface area contributed by atoms with Crippen LogP contribution in [0.2, 0.25) is 0 Å². The number of rotatable bonds is 4. The maximum atomic E-state index is 11.9. The summed E-state index contributed by atoms with van der Waals surface area (Å²) in [7, 11) is 2.66. The Kier molecular flexibility index (Phi) is 5.28. The number of hydrogen-bond donors (Lipinski definition) is 1. The van der Waals surface area contributed by atoms with Crippen molar-refractivity contribution in [1.29, 1.82) is 0 Å². The molecule has 0 bridgehead atoms. The summed E-state index contributed by atoms with van der Waals surface area (Å²) in [5.74, 6) is -0.847. The van der Waals surface area contributed by atoms with Crippen LogP contribution < -0.4 is 5.73 Å². The molecule has 0 spiro atoms. The van der Waals surface area contributed by atoms with Gasteiger partial charge in [0.05, 0.1) is 25.3 Å². The molecule has 0 aliphatic rings. The summed E-state index contributed by atoms with van der Waals surface area (Å²) in [5, 5.41) is 0. The topological polar surface area (TPSA) is 78.6 Å². The first-order valence-corrected chi connectivity index (χ1v) is 7.62. The largest absolute Gasteiger partial charge is 0.465 e. The number of aryl methyl sites for hydroxylation is 1. The second-order valence-corrected chi connectivity index (χ2v) is 5.92. The molecule has 0 aliphatic heterocycles. The van der Waals surface area contributed by atoms with Crippen molar-refractivity contribution in [3.05, 3.63) is 53.1 Å². The molecular formula is C17H17NO4S. The lowest BCUT2D eigenvalue weighted by atomic mass is 10.1. The van der Waals surface area contributed by atoms with E-state index < -0.39 is 11.9 Å². The smallest absolute Gasteiger partial charge is 0.339 e. The van der Waals surface area contributed by atoms with Crippen molar-refractivity contribution in [2.45, 2.75) is 16.7 Å². The number of carbonyl (C=O) groups is 2. The van der Waals surface area contributed by atoms with Crippen LogP contribution in [0, 0.1) is 6.92 Å². The minimum absolute atomic E-state index is 0.381. The molecule has 0 unspecified atom stereocenters. The summed E-state index contributed by atoms with van der Waals surface area (Å²) in [5.41, 5.74) is 8.27. The zero-order valence-electron chi connectivity index (χ0n) is 13.1. The fourth-order valence-corrected chi connectivity index (χ4v) is 2.95. The number of benzene rings is 2. The maximum Gasteiger partial charge on any atom is 0.339 e. The molecule has 6 heteroatoms. The summed E-state index contributed by atoms with van der Waals surface area (Å²) in [4.78, 5) is 24.9. The van der Waals surface area contributed by atoms with Gasteiger partial charge in [-0.1, -0.05) is 23.4 Å². The van der Waals surface area contributed by atoms with Crippen molar-refractivity contribution in [2.24, 2.45) is 0 Å². The van der Waals surface area contributed by atoms with E-state index in [1.54, 1.807) is 24.3 Å². The third-order valence-electron chi connectivity index (χ3n) is 3.19. The Morgan fingerprint density at radius 2 is 1.61 bits per heavy atom. The maximum absolute atomic E-state index is 11.9. The molecule has 5 nitrogen and oxygen atoms in total. The molecule has 2 N–H and O–H groups in total. The van der Waals surface area contributed by atoms with Gasteiger partial charge in [0.15, 0.2) is 0 Å². The number of carbonyl (C=O) groups excluding carboxylic acids is 2. The van der Waals surface area contributed by atoms with Gasteiger partial charge in [-0.3, -0.25) is 0 Å². The van der Waals surface area contributed by atoms with Gasteiger partial charge in [0.2, 0.25) is 0 Å². The average molecular weight is 331 g/mol. The van der Waals surface area contributed by atoms with Gasteiger partial charge in [-0.2, -0.15) is 0 Å². The number of esters is 2. The normalized spacial score (nSPS) is 10.2. The van der Waals surface area contributed by atoms with Crippen LogP contribution in [0.4, 0.5) is 5.69 Å². The predicted octanol–water partition coefficient (Wildman–Crippen LogP) is 3.30. The molecule has 0 aromatic heterocycles. The Balaban J connectivity index is 2.36. The molecule has 2 aromatic rings. The molecule has 120 valence electrons. The molecule has 0 aliphatic carbocycles. The number of ether oxygens (including phenoxy) is 2. The molecule has 0 saturated heterocycles. The number of hydrogen-bond acceptors (Lipinski definition) is 6. The van der Waals surface area contributed by atoms with E-state index in [0.717, 1.165) is 15.4 Å². The van der Waals surface area contributed by atoms with E-state index >= 15 is 0 Å². The SMILES string of the molecule is COC(=O)c1ccc(Sc2ccc(C)cc2C(=O)OC)c(N)c1. The Hall–Kier alpha value is -2.47. The van der Waals surface area contributed by atoms with Gasteiger partial charge in [-0.15, -0.1) is 0 Å². The van der Waals surface area contributed by atoms with E-state index in [1.807, 2.05) is 19.1 Å². The van der Waals surface area contributed by atoms with Gasteiger partial charge >= 0.3 is 11.9 Å². The molecule has 0 saturated carbocycles. The molecule has 0 atom stereocenters. The Labute approximate surface area is 138 Å². The lowest BCUT2D eigenvalue weighted by molar-refractivity contribution is 0.0589. The highest BCUT2D eigenvalue weighted by molar-refractivity contribution is 7.99. The van der Waals surface area contributed by atoms with Crippen molar-refractivity contribution < 1.29 is 19.1 Å². The number of nitrogen functional groups attached to an aromatic ring is 1. The molecule has 2 aromatic carbocycles. The fraction of sp³-hybridized carbons (Fsp3) is 0.176. The lowest BCUT2D eigenvalue weighted by Crippen LogP contribution is -2.04. The van der Waals surface area contributed by atoms with Gasteiger partial charge in [0.25, 0.3) is 0 Å². The first-order valence-electron chi connectivity index (χ1n) is 6.81. The van der Waals surface area contributed by atoms with Gasteiger partial charge in [0, 0.05) is 15.5 Å². The highest BCUT2D eigenvalue weighted by Gasteiger charge is 2.15. The molecular weight excluding hydrogens is 314 g/mol. The standard InChI is InChI=1S/C17H17NO4S/c1-10-4-6-14(12(8-10)17(20)22-3)23-15-7-5-11(9-13(15)18)16(19)21-2/h4-9H,18H2,1-3H3. The van der Waals surface area contributed by atoms with Crippen LogP contribution in [0.15, 0.2) is 46.2 Å². The van der Waals surface area contributed by atoms with Gasteiger partial charge in [0.1, 0.15) is 0 Å². The van der Waals surface area contributed by atoms with Gasteiger partial charge in [-0.25, -0.2) is 9.59 Å². The summed E-state index contributed by atoms with van der Waals surface area (Å²) < 4.78 is 9.49. The first-order chi connectivity index (χ1) is 11.0. The van der Waals surface area contributed by atoms with Crippen LogP contribution in [0.3, 0.4) is 0 Å². The molecule has 0 radical (unpaired) electrons. The summed E-state index contributed by atoms with van der Waals surface area (Å²) in [6.07, 6.45) is 0. The van der Waals surface area contributed by atoms with Gasteiger partial charge in [-0.05, 0) is 37.3 Å². The van der Waals surface area contributed by atoms with Crippen molar-refractivity contribution in [3.8, 4) is 0 Å². The monoisotopic (exact) mass is 331 g/mol. The van der Waals surface area contributed by atoms with Crippen LogP contribution in [0.5, 0.6) is 0 Å². The zero-order valence-corrected chi connectivity index (χ0v) is 13.9. The van der Waals surface area contributed by atoms with E-state index in [4.69, 9.17) is 10.5 Å². The molecule has 0 heterocycles. The molecule has 0 amide bonds. The minimum atomic E-state index is -0.446. The van der Waals surface area contributed by atoms with E-state index in [9.17, 15) is 9.59 Å². The minimum Gasteiger partial charge on any atom is -0.465 e. The van der Waals surface area contributed by atoms with Gasteiger partial charge < -0.3 is 15.2 Å². The third kappa shape index (κ3) is 3.84. The Bertz CT molecular complexity index is 758.